The molecule has 7 nitrogen and oxygen atoms in total. The summed E-state index contributed by atoms with van der Waals surface area (Å²) in [7, 11) is -2.27. The minimum absolute atomic E-state index is 0.0532. The van der Waals surface area contributed by atoms with E-state index in [1.54, 1.807) is 20.1 Å². The molecule has 2 rings (SSSR count). The Hall–Kier alpha value is -2.58. The first-order valence-corrected chi connectivity index (χ1v) is 10.4. The first-order chi connectivity index (χ1) is 12.9. The summed E-state index contributed by atoms with van der Waals surface area (Å²) in [4.78, 5) is 12.5. The third-order valence-electron chi connectivity index (χ3n) is 4.26. The molecule has 1 atom stereocenters. The Labute approximate surface area is 166 Å². The lowest BCUT2D eigenvalue weighted by molar-refractivity contribution is -0.116. The molecule has 0 aliphatic heterocycles. The van der Waals surface area contributed by atoms with E-state index in [0.29, 0.717) is 17.1 Å². The molecule has 0 saturated heterocycles. The van der Waals surface area contributed by atoms with Crippen LogP contribution in [0.25, 0.3) is 0 Å². The summed E-state index contributed by atoms with van der Waals surface area (Å²) < 4.78 is 28.3. The lowest BCUT2D eigenvalue weighted by atomic mass is 9.86. The van der Waals surface area contributed by atoms with Gasteiger partial charge in [0.05, 0.1) is 17.7 Å². The molecule has 0 aliphatic carbocycles. The van der Waals surface area contributed by atoms with Crippen LogP contribution in [0, 0.1) is 0 Å². The van der Waals surface area contributed by atoms with Crippen LogP contribution in [-0.4, -0.2) is 27.5 Å². The number of ether oxygens (including phenoxy) is 1. The Morgan fingerprint density at radius 1 is 1.14 bits per heavy atom. The quantitative estimate of drug-likeness (QED) is 0.684. The Morgan fingerprint density at radius 3 is 2.39 bits per heavy atom. The summed E-state index contributed by atoms with van der Waals surface area (Å²) in [5, 5.41) is 11.0. The summed E-state index contributed by atoms with van der Waals surface area (Å²) in [5.74, 6) is 0.304. The van der Waals surface area contributed by atoms with Crippen molar-refractivity contribution in [2.24, 2.45) is 5.14 Å². The molecule has 8 heteroatoms. The van der Waals surface area contributed by atoms with E-state index in [4.69, 9.17) is 9.88 Å². The predicted molar refractivity (Wildman–Crippen MR) is 111 cm³/mol. The molecule has 0 spiro atoms. The Balaban J connectivity index is 2.19. The smallest absolute Gasteiger partial charge is 0.246 e. The van der Waals surface area contributed by atoms with Gasteiger partial charge in [-0.1, -0.05) is 32.9 Å². The predicted octanol–water partition coefficient (Wildman–Crippen LogP) is 3.08. The van der Waals surface area contributed by atoms with Crippen LogP contribution in [0.1, 0.15) is 33.3 Å². The highest BCUT2D eigenvalue weighted by atomic mass is 32.2. The number of benzene rings is 2. The third-order valence-corrected chi connectivity index (χ3v) is 5.17. The molecule has 28 heavy (non-hydrogen) atoms. The summed E-state index contributed by atoms with van der Waals surface area (Å²) >= 11 is 0. The molecule has 2 aromatic carbocycles. The number of nitrogens with two attached hydrogens (primary N) is 1. The number of sulfonamides is 1. The minimum Gasteiger partial charge on any atom is -0.495 e. The number of amides is 1. The van der Waals surface area contributed by atoms with Gasteiger partial charge >= 0.3 is 0 Å². The lowest BCUT2D eigenvalue weighted by Gasteiger charge is -2.23. The molecule has 0 bridgehead atoms. The molecule has 0 radical (unpaired) electrons. The molecular weight excluding hydrogens is 378 g/mol. The van der Waals surface area contributed by atoms with Gasteiger partial charge in [0.2, 0.25) is 15.9 Å². The van der Waals surface area contributed by atoms with Gasteiger partial charge in [-0.2, -0.15) is 0 Å². The van der Waals surface area contributed by atoms with E-state index in [-0.39, 0.29) is 16.2 Å². The molecule has 0 fully saturated rings. The minimum atomic E-state index is -3.84. The van der Waals surface area contributed by atoms with Crippen LogP contribution in [0.5, 0.6) is 5.75 Å². The van der Waals surface area contributed by atoms with Crippen molar-refractivity contribution in [3.8, 4) is 5.75 Å². The van der Waals surface area contributed by atoms with Crippen LogP contribution >= 0.6 is 0 Å². The molecule has 1 unspecified atom stereocenters. The second kappa shape index (κ2) is 8.20. The Kier molecular flexibility index (Phi) is 6.36. The summed E-state index contributed by atoms with van der Waals surface area (Å²) in [5.41, 5.74) is 2.10. The van der Waals surface area contributed by atoms with Crippen LogP contribution in [0.4, 0.5) is 11.4 Å². The summed E-state index contributed by atoms with van der Waals surface area (Å²) in [6, 6.07) is 11.0. The summed E-state index contributed by atoms with van der Waals surface area (Å²) in [6.07, 6.45) is 0. The monoisotopic (exact) mass is 405 g/mol. The SMILES string of the molecule is COc1ccc(C(C)(C)C)cc1NC(C)C(=O)Nc1cccc(S(N)(=O)=O)c1. The largest absolute Gasteiger partial charge is 0.495 e. The zero-order valence-corrected chi connectivity index (χ0v) is 17.6. The van der Waals surface area contributed by atoms with Crippen molar-refractivity contribution in [1.29, 1.82) is 0 Å². The van der Waals surface area contributed by atoms with Gasteiger partial charge in [0, 0.05) is 5.69 Å². The topological polar surface area (TPSA) is 111 Å². The molecule has 1 amide bonds. The molecule has 152 valence electrons. The van der Waals surface area contributed by atoms with Gasteiger partial charge in [-0.25, -0.2) is 13.6 Å². The molecule has 0 saturated carbocycles. The molecular formula is C20H27N3O4S. The van der Waals surface area contributed by atoms with Gasteiger partial charge in [-0.3, -0.25) is 4.79 Å². The van der Waals surface area contributed by atoms with Crippen molar-refractivity contribution in [2.45, 2.75) is 44.0 Å². The maximum atomic E-state index is 12.6. The van der Waals surface area contributed by atoms with E-state index in [1.807, 2.05) is 18.2 Å². The first-order valence-electron chi connectivity index (χ1n) is 8.80. The van der Waals surface area contributed by atoms with E-state index < -0.39 is 16.1 Å². The number of hydrogen-bond donors (Lipinski definition) is 3. The molecule has 4 N–H and O–H groups in total. The van der Waals surface area contributed by atoms with E-state index >= 15 is 0 Å². The molecule has 0 aliphatic rings. The van der Waals surface area contributed by atoms with Crippen LogP contribution in [0.3, 0.4) is 0 Å². The van der Waals surface area contributed by atoms with E-state index in [0.717, 1.165) is 5.56 Å². The Bertz CT molecular complexity index is 966. The number of carbonyl (C=O) groups excluding carboxylic acids is 1. The van der Waals surface area contributed by atoms with Crippen LogP contribution in [0.15, 0.2) is 47.4 Å². The highest BCUT2D eigenvalue weighted by Crippen LogP contribution is 2.31. The van der Waals surface area contributed by atoms with Gasteiger partial charge in [-0.05, 0) is 48.2 Å². The fraction of sp³-hybridized carbons (Fsp3) is 0.350. The zero-order chi connectivity index (χ0) is 21.1. The van der Waals surface area contributed by atoms with Crippen LogP contribution in [0.2, 0.25) is 0 Å². The fourth-order valence-electron chi connectivity index (χ4n) is 2.59. The van der Waals surface area contributed by atoms with Crippen molar-refractivity contribution in [3.63, 3.8) is 0 Å². The lowest BCUT2D eigenvalue weighted by Crippen LogP contribution is -2.32. The van der Waals surface area contributed by atoms with E-state index in [2.05, 4.69) is 31.4 Å². The second-order valence-corrected chi connectivity index (χ2v) is 9.15. The maximum absolute atomic E-state index is 12.6. The fourth-order valence-corrected chi connectivity index (χ4v) is 3.15. The van der Waals surface area contributed by atoms with Gasteiger partial charge in [-0.15, -0.1) is 0 Å². The average molecular weight is 406 g/mol. The van der Waals surface area contributed by atoms with Crippen molar-refractivity contribution in [3.05, 3.63) is 48.0 Å². The number of rotatable bonds is 6. The zero-order valence-electron chi connectivity index (χ0n) is 16.7. The third kappa shape index (κ3) is 5.46. The highest BCUT2D eigenvalue weighted by Gasteiger charge is 2.19. The van der Waals surface area contributed by atoms with Crippen molar-refractivity contribution in [2.75, 3.05) is 17.7 Å². The maximum Gasteiger partial charge on any atom is 0.246 e. The number of hydrogen-bond acceptors (Lipinski definition) is 5. The normalized spacial score (nSPS) is 12.9. The standard InChI is InChI=1S/C20H27N3O4S/c1-13(19(24)23-15-7-6-8-16(12-15)28(21,25)26)22-17-11-14(20(2,3)4)9-10-18(17)27-5/h6-13,22H,1-5H3,(H,23,24)(H2,21,25,26). The molecule has 0 aromatic heterocycles. The van der Waals surface area contributed by atoms with Crippen LogP contribution in [-0.2, 0) is 20.2 Å². The first kappa shape index (κ1) is 21.7. The second-order valence-electron chi connectivity index (χ2n) is 7.59. The van der Waals surface area contributed by atoms with Crippen molar-refractivity contribution in [1.82, 2.24) is 0 Å². The van der Waals surface area contributed by atoms with Gasteiger partial charge in [0.25, 0.3) is 0 Å². The highest BCUT2D eigenvalue weighted by molar-refractivity contribution is 7.89. The molecule has 2 aromatic rings. The number of primary sulfonamides is 1. The van der Waals surface area contributed by atoms with E-state index in [9.17, 15) is 13.2 Å². The number of nitrogens with one attached hydrogen (secondary N) is 2. The molecule has 0 heterocycles. The van der Waals surface area contributed by atoms with E-state index in [1.165, 1.54) is 18.2 Å². The average Bonchev–Trinajstić information content (AvgIpc) is 2.60. The van der Waals surface area contributed by atoms with Gasteiger partial charge in [0.1, 0.15) is 11.8 Å². The van der Waals surface area contributed by atoms with Gasteiger partial charge in [0.15, 0.2) is 0 Å². The van der Waals surface area contributed by atoms with Crippen molar-refractivity contribution < 1.29 is 17.9 Å². The number of methoxy groups -OCH3 is 1. The summed E-state index contributed by atoms with van der Waals surface area (Å²) in [6.45, 7) is 8.02. The number of anilines is 2. The number of carbonyl (C=O) groups is 1. The Morgan fingerprint density at radius 2 is 1.82 bits per heavy atom. The van der Waals surface area contributed by atoms with Gasteiger partial charge < -0.3 is 15.4 Å². The van der Waals surface area contributed by atoms with Crippen molar-refractivity contribution >= 4 is 27.3 Å². The van der Waals surface area contributed by atoms with Crippen LogP contribution < -0.4 is 20.5 Å².